The molecule has 200 valence electrons. The lowest BCUT2D eigenvalue weighted by Gasteiger charge is -2.34. The number of alkyl carbamates (subject to hydrolysis) is 1. The first kappa shape index (κ1) is 29.4. The standard InChI is InChI=1S/C28H38N4O5/c1-8-32(26(35)22(16-23(29)33)31-27(36)37-28(5,6)7)24(20-14-17(2)13-18(3)15-20)25(34)30-21-12-10-9-11-19(21)4/h9-15,22,24H,8,16H2,1-7H3,(H2,29,33)(H,30,34)(H,31,36). The molecule has 0 radical (unpaired) electrons. The van der Waals surface area contributed by atoms with Gasteiger partial charge in [-0.15, -0.1) is 0 Å². The Labute approximate surface area is 218 Å². The Morgan fingerprint density at radius 1 is 1.00 bits per heavy atom. The van der Waals surface area contributed by atoms with Crippen LogP contribution in [0, 0.1) is 20.8 Å². The molecule has 0 aliphatic heterocycles. The Kier molecular flexibility index (Phi) is 9.82. The van der Waals surface area contributed by atoms with Crippen molar-refractivity contribution < 1.29 is 23.9 Å². The molecule has 4 N–H and O–H groups in total. The van der Waals surface area contributed by atoms with Crippen molar-refractivity contribution in [2.75, 3.05) is 11.9 Å². The molecule has 0 saturated carbocycles. The fraction of sp³-hybridized carbons (Fsp3) is 0.429. The largest absolute Gasteiger partial charge is 0.444 e. The number of rotatable bonds is 9. The quantitative estimate of drug-likeness (QED) is 0.471. The lowest BCUT2D eigenvalue weighted by Crippen LogP contribution is -2.53. The molecular formula is C28H38N4O5. The SMILES string of the molecule is CCN(C(=O)C(CC(N)=O)NC(=O)OC(C)(C)C)C(C(=O)Nc1ccccc1C)c1cc(C)cc(C)c1. The van der Waals surface area contributed by atoms with Crippen molar-refractivity contribution in [3.05, 3.63) is 64.7 Å². The lowest BCUT2D eigenvalue weighted by atomic mass is 9.98. The topological polar surface area (TPSA) is 131 Å². The number of nitrogens with two attached hydrogens (primary N) is 1. The summed E-state index contributed by atoms with van der Waals surface area (Å²) in [7, 11) is 0. The van der Waals surface area contributed by atoms with Gasteiger partial charge in [-0.05, 0) is 65.7 Å². The number of ether oxygens (including phenoxy) is 1. The Morgan fingerprint density at radius 3 is 2.11 bits per heavy atom. The van der Waals surface area contributed by atoms with Crippen LogP contribution in [0.25, 0.3) is 0 Å². The third-order valence-electron chi connectivity index (χ3n) is 5.54. The van der Waals surface area contributed by atoms with Crippen LogP contribution in [0.3, 0.4) is 0 Å². The van der Waals surface area contributed by atoms with E-state index in [4.69, 9.17) is 10.5 Å². The monoisotopic (exact) mass is 510 g/mol. The second kappa shape index (κ2) is 12.4. The summed E-state index contributed by atoms with van der Waals surface area (Å²) in [5, 5.41) is 5.39. The molecule has 0 saturated heterocycles. The summed E-state index contributed by atoms with van der Waals surface area (Å²) in [4.78, 5) is 53.2. The van der Waals surface area contributed by atoms with Crippen LogP contribution in [0.1, 0.15) is 62.4 Å². The van der Waals surface area contributed by atoms with Gasteiger partial charge in [0.05, 0.1) is 6.42 Å². The van der Waals surface area contributed by atoms with Gasteiger partial charge in [0.15, 0.2) is 0 Å². The average Bonchev–Trinajstić information content (AvgIpc) is 2.75. The lowest BCUT2D eigenvalue weighted by molar-refractivity contribution is -0.141. The van der Waals surface area contributed by atoms with E-state index in [9.17, 15) is 19.2 Å². The smallest absolute Gasteiger partial charge is 0.408 e. The molecule has 2 aromatic rings. The van der Waals surface area contributed by atoms with E-state index < -0.39 is 47.9 Å². The summed E-state index contributed by atoms with van der Waals surface area (Å²) >= 11 is 0. The van der Waals surface area contributed by atoms with E-state index in [0.717, 1.165) is 16.7 Å². The zero-order valence-electron chi connectivity index (χ0n) is 22.7. The molecule has 2 unspecified atom stereocenters. The Morgan fingerprint density at radius 2 is 1.59 bits per heavy atom. The Bertz CT molecular complexity index is 1140. The second-order valence-corrected chi connectivity index (χ2v) is 10.1. The summed E-state index contributed by atoms with van der Waals surface area (Å²) < 4.78 is 5.28. The average molecular weight is 511 g/mol. The number of hydrogen-bond acceptors (Lipinski definition) is 5. The maximum atomic E-state index is 13.8. The van der Waals surface area contributed by atoms with Gasteiger partial charge in [0.1, 0.15) is 17.7 Å². The summed E-state index contributed by atoms with van der Waals surface area (Å²) in [6.45, 7) is 12.6. The first-order chi connectivity index (χ1) is 17.2. The number of nitrogens with one attached hydrogen (secondary N) is 2. The second-order valence-electron chi connectivity index (χ2n) is 10.1. The number of aryl methyl sites for hydroxylation is 3. The van der Waals surface area contributed by atoms with E-state index in [1.807, 2.05) is 57.2 Å². The fourth-order valence-corrected chi connectivity index (χ4v) is 4.07. The van der Waals surface area contributed by atoms with Gasteiger partial charge in [-0.25, -0.2) is 4.79 Å². The number of nitrogens with zero attached hydrogens (tertiary/aromatic N) is 1. The van der Waals surface area contributed by atoms with Gasteiger partial charge in [0.25, 0.3) is 5.91 Å². The van der Waals surface area contributed by atoms with Crippen LogP contribution < -0.4 is 16.4 Å². The Balaban J connectivity index is 2.51. The molecule has 0 heterocycles. The molecular weight excluding hydrogens is 472 g/mol. The number of hydrogen-bond donors (Lipinski definition) is 3. The highest BCUT2D eigenvalue weighted by Gasteiger charge is 2.36. The highest BCUT2D eigenvalue weighted by Crippen LogP contribution is 2.27. The summed E-state index contributed by atoms with van der Waals surface area (Å²) in [5.74, 6) is -1.83. The van der Waals surface area contributed by atoms with E-state index in [1.54, 1.807) is 33.8 Å². The highest BCUT2D eigenvalue weighted by molar-refractivity contribution is 6.00. The van der Waals surface area contributed by atoms with Crippen LogP contribution in [0.15, 0.2) is 42.5 Å². The van der Waals surface area contributed by atoms with Crippen molar-refractivity contribution in [1.29, 1.82) is 0 Å². The molecule has 0 aliphatic rings. The van der Waals surface area contributed by atoms with Crippen LogP contribution in [0.2, 0.25) is 0 Å². The van der Waals surface area contributed by atoms with Crippen LogP contribution in [-0.2, 0) is 19.1 Å². The number of anilines is 1. The van der Waals surface area contributed by atoms with Gasteiger partial charge in [0.2, 0.25) is 11.8 Å². The maximum absolute atomic E-state index is 13.8. The molecule has 0 aromatic heterocycles. The van der Waals surface area contributed by atoms with Crippen molar-refractivity contribution in [1.82, 2.24) is 10.2 Å². The van der Waals surface area contributed by atoms with Crippen molar-refractivity contribution >= 4 is 29.5 Å². The van der Waals surface area contributed by atoms with Gasteiger partial charge in [-0.1, -0.05) is 47.5 Å². The van der Waals surface area contributed by atoms with E-state index in [2.05, 4.69) is 10.6 Å². The van der Waals surface area contributed by atoms with E-state index >= 15 is 0 Å². The van der Waals surface area contributed by atoms with Gasteiger partial charge < -0.3 is 26.0 Å². The third kappa shape index (κ3) is 8.63. The zero-order valence-corrected chi connectivity index (χ0v) is 22.7. The van der Waals surface area contributed by atoms with Crippen molar-refractivity contribution in [3.8, 4) is 0 Å². The van der Waals surface area contributed by atoms with E-state index in [0.29, 0.717) is 11.3 Å². The number of benzene rings is 2. The highest BCUT2D eigenvalue weighted by atomic mass is 16.6. The molecule has 2 atom stereocenters. The molecule has 37 heavy (non-hydrogen) atoms. The number of primary amides is 1. The number of amides is 4. The van der Waals surface area contributed by atoms with Crippen molar-refractivity contribution in [2.24, 2.45) is 5.73 Å². The molecule has 0 aliphatic carbocycles. The fourth-order valence-electron chi connectivity index (χ4n) is 4.07. The molecule has 0 spiro atoms. The van der Waals surface area contributed by atoms with E-state index in [-0.39, 0.29) is 6.54 Å². The third-order valence-corrected chi connectivity index (χ3v) is 5.54. The van der Waals surface area contributed by atoms with Crippen LogP contribution in [0.5, 0.6) is 0 Å². The molecule has 2 aromatic carbocycles. The predicted octanol–water partition coefficient (Wildman–Crippen LogP) is 3.91. The van der Waals surface area contributed by atoms with Crippen molar-refractivity contribution in [3.63, 3.8) is 0 Å². The predicted molar refractivity (Wildman–Crippen MR) is 143 cm³/mol. The minimum atomic E-state index is -1.31. The molecule has 9 nitrogen and oxygen atoms in total. The number of carbonyl (C=O) groups excluding carboxylic acids is 4. The normalized spacial score (nSPS) is 12.7. The molecule has 0 bridgehead atoms. The van der Waals surface area contributed by atoms with Gasteiger partial charge in [-0.3, -0.25) is 14.4 Å². The van der Waals surface area contributed by atoms with Crippen LogP contribution in [-0.4, -0.2) is 46.9 Å². The Hall–Kier alpha value is -3.88. The molecule has 9 heteroatoms. The minimum Gasteiger partial charge on any atom is -0.444 e. The summed E-state index contributed by atoms with van der Waals surface area (Å²) in [5.41, 5.74) is 8.52. The zero-order chi connectivity index (χ0) is 27.9. The molecule has 4 amide bonds. The number of para-hydroxylation sites is 1. The van der Waals surface area contributed by atoms with Crippen molar-refractivity contribution in [2.45, 2.75) is 72.6 Å². The van der Waals surface area contributed by atoms with Crippen LogP contribution in [0.4, 0.5) is 10.5 Å². The first-order valence-corrected chi connectivity index (χ1v) is 12.2. The van der Waals surface area contributed by atoms with Gasteiger partial charge >= 0.3 is 6.09 Å². The van der Waals surface area contributed by atoms with Gasteiger partial charge in [-0.2, -0.15) is 0 Å². The molecule has 0 fully saturated rings. The van der Waals surface area contributed by atoms with E-state index in [1.165, 1.54) is 4.90 Å². The number of likely N-dealkylation sites (N-methyl/N-ethyl adjacent to an activating group) is 1. The summed E-state index contributed by atoms with van der Waals surface area (Å²) in [6, 6.07) is 10.6. The first-order valence-electron chi connectivity index (χ1n) is 12.2. The van der Waals surface area contributed by atoms with Crippen LogP contribution >= 0.6 is 0 Å². The molecule has 2 rings (SSSR count). The minimum absolute atomic E-state index is 0.128. The summed E-state index contributed by atoms with van der Waals surface area (Å²) in [6.07, 6.45) is -1.32. The number of carbonyl (C=O) groups is 4. The van der Waals surface area contributed by atoms with Gasteiger partial charge in [0, 0.05) is 12.2 Å². The maximum Gasteiger partial charge on any atom is 0.408 e.